The first kappa shape index (κ1) is 31.7. The molecule has 0 spiro atoms. The first-order valence-corrected chi connectivity index (χ1v) is 14.9. The van der Waals surface area contributed by atoms with E-state index in [0.29, 0.717) is 24.4 Å². The fourth-order valence-electron chi connectivity index (χ4n) is 5.54. The maximum atomic E-state index is 13.2. The molecule has 2 heterocycles. The van der Waals surface area contributed by atoms with Gasteiger partial charge in [-0.15, -0.1) is 0 Å². The highest BCUT2D eigenvalue weighted by Crippen LogP contribution is 2.37. The minimum absolute atomic E-state index is 0.163. The molecule has 2 aliphatic rings. The molecule has 3 aromatic carbocycles. The van der Waals surface area contributed by atoms with Crippen LogP contribution in [0, 0.1) is 0 Å². The van der Waals surface area contributed by atoms with E-state index in [1.807, 2.05) is 12.1 Å². The van der Waals surface area contributed by atoms with Gasteiger partial charge in [0, 0.05) is 43.7 Å². The predicted octanol–water partition coefficient (Wildman–Crippen LogP) is 8.04. The van der Waals surface area contributed by atoms with Crippen molar-refractivity contribution in [2.45, 2.75) is 64.8 Å². The number of benzene rings is 3. The summed E-state index contributed by atoms with van der Waals surface area (Å²) < 4.78 is 52.1. The SMILES string of the molecule is CC1(C)CN(Cc2ccc(-c3ccccc3C(F)(F)F)cc2)CCO1.CC1CN(Cc2ccc(Br)cc2)CC(C)O1. The summed E-state index contributed by atoms with van der Waals surface area (Å²) in [5.41, 5.74) is 2.49. The van der Waals surface area contributed by atoms with Gasteiger partial charge >= 0.3 is 6.18 Å². The van der Waals surface area contributed by atoms with Crippen molar-refractivity contribution in [2.75, 3.05) is 32.8 Å². The second kappa shape index (κ2) is 13.8. The molecule has 4 nitrogen and oxygen atoms in total. The summed E-state index contributed by atoms with van der Waals surface area (Å²) in [6.07, 6.45) is -3.66. The quantitative estimate of drug-likeness (QED) is 0.284. The van der Waals surface area contributed by atoms with Crippen molar-refractivity contribution in [3.05, 3.63) is 94.0 Å². The van der Waals surface area contributed by atoms with Crippen LogP contribution in [-0.2, 0) is 28.7 Å². The van der Waals surface area contributed by atoms with Gasteiger partial charge in [0.05, 0.1) is 30.0 Å². The summed E-state index contributed by atoms with van der Waals surface area (Å²) in [7, 11) is 0. The lowest BCUT2D eigenvalue weighted by Crippen LogP contribution is -2.47. The lowest BCUT2D eigenvalue weighted by molar-refractivity contribution is -0.137. The van der Waals surface area contributed by atoms with Gasteiger partial charge in [0.25, 0.3) is 0 Å². The Morgan fingerprint density at radius 2 is 1.39 bits per heavy atom. The van der Waals surface area contributed by atoms with Gasteiger partial charge in [-0.25, -0.2) is 0 Å². The van der Waals surface area contributed by atoms with Crippen molar-refractivity contribution >= 4 is 15.9 Å². The molecule has 2 unspecified atom stereocenters. The van der Waals surface area contributed by atoms with Crippen LogP contribution in [0.4, 0.5) is 13.2 Å². The van der Waals surface area contributed by atoms with Gasteiger partial charge in [0.1, 0.15) is 0 Å². The van der Waals surface area contributed by atoms with Crippen molar-refractivity contribution < 1.29 is 22.6 Å². The van der Waals surface area contributed by atoms with E-state index in [2.05, 4.69) is 77.7 Å². The molecule has 3 aromatic rings. The normalized spacial score (nSPS) is 21.7. The average Bonchev–Trinajstić information content (AvgIpc) is 2.89. The topological polar surface area (TPSA) is 24.9 Å². The first-order valence-electron chi connectivity index (χ1n) is 14.1. The molecule has 0 saturated carbocycles. The van der Waals surface area contributed by atoms with E-state index in [9.17, 15) is 13.2 Å². The molecule has 222 valence electrons. The van der Waals surface area contributed by atoms with E-state index in [4.69, 9.17) is 9.47 Å². The van der Waals surface area contributed by atoms with E-state index in [1.165, 1.54) is 17.7 Å². The van der Waals surface area contributed by atoms with Crippen molar-refractivity contribution in [1.29, 1.82) is 0 Å². The van der Waals surface area contributed by atoms with Crippen LogP contribution in [0.25, 0.3) is 11.1 Å². The second-order valence-corrected chi connectivity index (χ2v) is 12.6. The van der Waals surface area contributed by atoms with Crippen LogP contribution >= 0.6 is 15.9 Å². The first-order chi connectivity index (χ1) is 19.4. The monoisotopic (exact) mass is 632 g/mol. The summed E-state index contributed by atoms with van der Waals surface area (Å²) in [5.74, 6) is 0. The number of rotatable bonds is 5. The van der Waals surface area contributed by atoms with Crippen LogP contribution in [0.1, 0.15) is 44.4 Å². The minimum Gasteiger partial charge on any atom is -0.373 e. The van der Waals surface area contributed by atoms with Crippen LogP contribution in [0.15, 0.2) is 77.3 Å². The van der Waals surface area contributed by atoms with Gasteiger partial charge in [-0.05, 0) is 68.1 Å². The van der Waals surface area contributed by atoms with E-state index < -0.39 is 11.7 Å². The highest BCUT2D eigenvalue weighted by molar-refractivity contribution is 9.10. The minimum atomic E-state index is -4.35. The summed E-state index contributed by atoms with van der Waals surface area (Å²) in [6.45, 7) is 14.7. The fourth-order valence-corrected chi connectivity index (χ4v) is 5.80. The highest BCUT2D eigenvalue weighted by Gasteiger charge is 2.33. The van der Waals surface area contributed by atoms with Crippen LogP contribution in [0.3, 0.4) is 0 Å². The van der Waals surface area contributed by atoms with Crippen LogP contribution in [0.2, 0.25) is 0 Å². The Labute approximate surface area is 250 Å². The molecule has 0 radical (unpaired) electrons. The van der Waals surface area contributed by atoms with Crippen molar-refractivity contribution in [3.8, 4) is 11.1 Å². The van der Waals surface area contributed by atoms with Crippen LogP contribution < -0.4 is 0 Å². The molecule has 2 atom stereocenters. The molecule has 0 aromatic heterocycles. The third-order valence-corrected chi connectivity index (χ3v) is 7.75. The standard InChI is InChI=1S/C20H22F3NO.C13H18BrNO/c1-19(2)14-24(11-12-25-19)13-15-7-9-16(10-8-15)17-5-3-4-6-18(17)20(21,22)23;1-10-7-15(8-11(2)16-10)9-12-3-5-13(14)6-4-12/h3-10H,11-14H2,1-2H3;3-6,10-11H,7-9H2,1-2H3. The number of halogens is 4. The molecule has 2 saturated heterocycles. The van der Waals surface area contributed by atoms with Crippen molar-refractivity contribution in [1.82, 2.24) is 9.80 Å². The van der Waals surface area contributed by atoms with Gasteiger partial charge in [-0.3, -0.25) is 9.80 Å². The number of alkyl halides is 3. The van der Waals surface area contributed by atoms with Gasteiger partial charge < -0.3 is 9.47 Å². The number of hydrogen-bond donors (Lipinski definition) is 0. The Balaban J connectivity index is 0.000000208. The Hall–Kier alpha value is -2.23. The predicted molar refractivity (Wildman–Crippen MR) is 162 cm³/mol. The zero-order chi connectivity index (χ0) is 29.6. The largest absolute Gasteiger partial charge is 0.417 e. The van der Waals surface area contributed by atoms with E-state index in [1.54, 1.807) is 18.2 Å². The van der Waals surface area contributed by atoms with Crippen LogP contribution in [-0.4, -0.2) is 60.4 Å². The van der Waals surface area contributed by atoms with Crippen LogP contribution in [0.5, 0.6) is 0 Å². The molecule has 0 amide bonds. The number of morpholine rings is 2. The zero-order valence-electron chi connectivity index (χ0n) is 24.3. The molecule has 0 bridgehead atoms. The fraction of sp³-hybridized carbons (Fsp3) is 0.455. The molecular formula is C33H40BrF3N2O2. The number of ether oxygens (including phenoxy) is 2. The molecule has 41 heavy (non-hydrogen) atoms. The molecule has 5 rings (SSSR count). The van der Waals surface area contributed by atoms with Gasteiger partial charge in [-0.2, -0.15) is 13.2 Å². The second-order valence-electron chi connectivity index (χ2n) is 11.6. The molecule has 2 fully saturated rings. The van der Waals surface area contributed by atoms with E-state index in [-0.39, 0.29) is 11.2 Å². The Kier molecular flexibility index (Phi) is 10.7. The zero-order valence-corrected chi connectivity index (χ0v) is 25.8. The Morgan fingerprint density at radius 3 is 1.98 bits per heavy atom. The molecule has 0 N–H and O–H groups in total. The van der Waals surface area contributed by atoms with E-state index >= 15 is 0 Å². The smallest absolute Gasteiger partial charge is 0.373 e. The Morgan fingerprint density at radius 1 is 0.829 bits per heavy atom. The van der Waals surface area contributed by atoms with Crippen molar-refractivity contribution in [3.63, 3.8) is 0 Å². The van der Waals surface area contributed by atoms with Gasteiger partial charge in [0.15, 0.2) is 0 Å². The average molecular weight is 634 g/mol. The third kappa shape index (κ3) is 9.65. The van der Waals surface area contributed by atoms with E-state index in [0.717, 1.165) is 55.4 Å². The van der Waals surface area contributed by atoms with Gasteiger partial charge in [-0.1, -0.05) is 70.5 Å². The summed E-state index contributed by atoms with van der Waals surface area (Å²) in [6, 6.07) is 21.6. The molecule has 8 heteroatoms. The van der Waals surface area contributed by atoms with Gasteiger partial charge in [0.2, 0.25) is 0 Å². The summed E-state index contributed by atoms with van der Waals surface area (Å²) in [4.78, 5) is 4.77. The molecule has 0 aliphatic carbocycles. The lowest BCUT2D eigenvalue weighted by Gasteiger charge is -2.38. The Bertz CT molecular complexity index is 1240. The molecular weight excluding hydrogens is 593 g/mol. The maximum absolute atomic E-state index is 13.2. The third-order valence-electron chi connectivity index (χ3n) is 7.22. The lowest BCUT2D eigenvalue weighted by atomic mass is 9.98. The highest BCUT2D eigenvalue weighted by atomic mass is 79.9. The maximum Gasteiger partial charge on any atom is 0.417 e. The summed E-state index contributed by atoms with van der Waals surface area (Å²) in [5, 5.41) is 0. The number of nitrogens with zero attached hydrogens (tertiary/aromatic N) is 2. The summed E-state index contributed by atoms with van der Waals surface area (Å²) >= 11 is 3.46. The van der Waals surface area contributed by atoms with Crippen molar-refractivity contribution in [2.24, 2.45) is 0 Å². The molecule has 2 aliphatic heterocycles. The number of hydrogen-bond acceptors (Lipinski definition) is 4.